The van der Waals surface area contributed by atoms with Crippen LogP contribution < -0.4 is 0 Å². The Morgan fingerprint density at radius 3 is 3.11 bits per heavy atom. The number of thioether (sulfide) groups is 1. The average Bonchev–Trinajstić information content (AvgIpc) is 2.97. The van der Waals surface area contributed by atoms with E-state index in [4.69, 9.17) is 0 Å². The predicted molar refractivity (Wildman–Crippen MR) is 75.6 cm³/mol. The zero-order valence-corrected chi connectivity index (χ0v) is 11.2. The summed E-state index contributed by atoms with van der Waals surface area (Å²) in [5.74, 6) is 1.29. The highest BCUT2D eigenvalue weighted by Gasteiger charge is 2.25. The van der Waals surface area contributed by atoms with Crippen molar-refractivity contribution in [3.63, 3.8) is 0 Å². The molecule has 18 heavy (non-hydrogen) atoms. The number of nitrogens with one attached hydrogen (secondary N) is 1. The van der Waals surface area contributed by atoms with Gasteiger partial charge in [0.05, 0.1) is 11.8 Å². The molecule has 1 aliphatic rings. The number of H-pyrrole nitrogens is 1. The number of hydrogen-bond acceptors (Lipinski definition) is 2. The Morgan fingerprint density at radius 2 is 2.33 bits per heavy atom. The summed E-state index contributed by atoms with van der Waals surface area (Å²) in [6.07, 6.45) is 2.45. The van der Waals surface area contributed by atoms with E-state index in [1.54, 1.807) is 0 Å². The first-order chi connectivity index (χ1) is 8.75. The van der Waals surface area contributed by atoms with Crippen molar-refractivity contribution in [2.45, 2.75) is 18.7 Å². The van der Waals surface area contributed by atoms with Crippen LogP contribution in [0.3, 0.4) is 0 Å². The number of amides is 1. The first-order valence-corrected chi connectivity index (χ1v) is 7.26. The Kier molecular flexibility index (Phi) is 3.04. The van der Waals surface area contributed by atoms with E-state index < -0.39 is 0 Å². The largest absolute Gasteiger partial charge is 0.361 e. The number of rotatable bonds is 2. The number of carbonyl (C=O) groups excluding carboxylic acids is 1. The Labute approximate surface area is 111 Å². The summed E-state index contributed by atoms with van der Waals surface area (Å²) < 4.78 is 0. The minimum absolute atomic E-state index is 0.234. The minimum Gasteiger partial charge on any atom is -0.361 e. The Balaban J connectivity index is 1.82. The quantitative estimate of drug-likeness (QED) is 0.901. The topological polar surface area (TPSA) is 36.1 Å². The number of para-hydroxylation sites is 1. The highest BCUT2D eigenvalue weighted by atomic mass is 32.2. The fourth-order valence-electron chi connectivity index (χ4n) is 2.46. The first kappa shape index (κ1) is 11.7. The Hall–Kier alpha value is -1.42. The van der Waals surface area contributed by atoms with E-state index in [1.165, 1.54) is 0 Å². The van der Waals surface area contributed by atoms with Crippen LogP contribution in [0.5, 0.6) is 0 Å². The van der Waals surface area contributed by atoms with Gasteiger partial charge in [0.15, 0.2) is 0 Å². The highest BCUT2D eigenvalue weighted by Crippen LogP contribution is 2.25. The summed E-state index contributed by atoms with van der Waals surface area (Å²) in [5, 5.41) is 1.48. The lowest BCUT2D eigenvalue weighted by molar-refractivity contribution is -0.130. The number of aromatic nitrogens is 1. The maximum absolute atomic E-state index is 12.3. The van der Waals surface area contributed by atoms with E-state index in [1.807, 2.05) is 41.1 Å². The summed E-state index contributed by atoms with van der Waals surface area (Å²) in [6.45, 7) is 2.98. The second-order valence-corrected chi connectivity index (χ2v) is 6.02. The van der Waals surface area contributed by atoms with E-state index in [2.05, 4.69) is 18.0 Å². The molecule has 94 valence electrons. The molecule has 1 unspecified atom stereocenters. The van der Waals surface area contributed by atoms with Crippen LogP contribution in [0.4, 0.5) is 0 Å². The summed E-state index contributed by atoms with van der Waals surface area (Å²) in [5.41, 5.74) is 2.20. The molecule has 3 nitrogen and oxygen atoms in total. The number of fused-ring (bicyclic) bond motifs is 1. The molecule has 4 heteroatoms. The van der Waals surface area contributed by atoms with Crippen molar-refractivity contribution in [3.8, 4) is 0 Å². The highest BCUT2D eigenvalue weighted by molar-refractivity contribution is 8.00. The monoisotopic (exact) mass is 260 g/mol. The number of aromatic amines is 1. The number of nitrogens with zero attached hydrogens (tertiary/aromatic N) is 1. The van der Waals surface area contributed by atoms with Crippen LogP contribution in [0.15, 0.2) is 30.5 Å². The van der Waals surface area contributed by atoms with Gasteiger partial charge in [0.2, 0.25) is 5.91 Å². The molecule has 1 amide bonds. The zero-order chi connectivity index (χ0) is 12.5. The van der Waals surface area contributed by atoms with Crippen LogP contribution in [0.2, 0.25) is 0 Å². The van der Waals surface area contributed by atoms with Crippen molar-refractivity contribution in [3.05, 3.63) is 36.0 Å². The smallest absolute Gasteiger partial charge is 0.227 e. The van der Waals surface area contributed by atoms with Crippen LogP contribution in [-0.2, 0) is 11.2 Å². The molecule has 0 spiro atoms. The van der Waals surface area contributed by atoms with Crippen molar-refractivity contribution in [1.29, 1.82) is 0 Å². The van der Waals surface area contributed by atoms with E-state index in [0.717, 1.165) is 28.8 Å². The van der Waals surface area contributed by atoms with Crippen molar-refractivity contribution in [1.82, 2.24) is 9.88 Å². The van der Waals surface area contributed by atoms with Gasteiger partial charge in [-0.25, -0.2) is 0 Å². The van der Waals surface area contributed by atoms with Gasteiger partial charge in [-0.1, -0.05) is 18.2 Å². The van der Waals surface area contributed by atoms with Crippen molar-refractivity contribution in [2.24, 2.45) is 0 Å². The molecule has 1 fully saturated rings. The lowest BCUT2D eigenvalue weighted by Gasteiger charge is -2.20. The van der Waals surface area contributed by atoms with Gasteiger partial charge in [-0.2, -0.15) is 0 Å². The van der Waals surface area contributed by atoms with Gasteiger partial charge in [0.1, 0.15) is 0 Å². The van der Waals surface area contributed by atoms with E-state index in [9.17, 15) is 4.79 Å². The standard InChI is InChI=1S/C14H16N2OS/c1-10-16(6-7-18-10)14(17)8-11-9-15-13-5-3-2-4-12(11)13/h2-5,9-10,15H,6-8H2,1H3. The van der Waals surface area contributed by atoms with Crippen molar-refractivity contribution < 1.29 is 4.79 Å². The van der Waals surface area contributed by atoms with E-state index in [-0.39, 0.29) is 5.91 Å². The fraction of sp³-hybridized carbons (Fsp3) is 0.357. The van der Waals surface area contributed by atoms with Crippen LogP contribution in [0.1, 0.15) is 12.5 Å². The van der Waals surface area contributed by atoms with Gasteiger partial charge in [-0.15, -0.1) is 11.8 Å². The number of benzene rings is 1. The fourth-order valence-corrected chi connectivity index (χ4v) is 3.51. The summed E-state index contributed by atoms with van der Waals surface area (Å²) in [4.78, 5) is 17.5. The van der Waals surface area contributed by atoms with Crippen LogP contribution in [0, 0.1) is 0 Å². The molecule has 0 aliphatic carbocycles. The molecule has 3 rings (SSSR count). The predicted octanol–water partition coefficient (Wildman–Crippen LogP) is 2.63. The molecular weight excluding hydrogens is 244 g/mol. The van der Waals surface area contributed by atoms with Gasteiger partial charge >= 0.3 is 0 Å². The SMILES string of the molecule is CC1SCCN1C(=O)Cc1c[nH]c2ccccc12. The Morgan fingerprint density at radius 1 is 1.50 bits per heavy atom. The second-order valence-electron chi connectivity index (χ2n) is 4.59. The lowest BCUT2D eigenvalue weighted by atomic mass is 10.1. The molecule has 0 saturated carbocycles. The average molecular weight is 260 g/mol. The van der Waals surface area contributed by atoms with Gasteiger partial charge < -0.3 is 9.88 Å². The molecule has 0 radical (unpaired) electrons. The number of hydrogen-bond donors (Lipinski definition) is 1. The second kappa shape index (κ2) is 4.69. The Bertz CT molecular complexity index is 578. The summed E-state index contributed by atoms with van der Waals surface area (Å²) in [6, 6.07) is 8.12. The van der Waals surface area contributed by atoms with Crippen LogP contribution in [-0.4, -0.2) is 33.5 Å². The minimum atomic E-state index is 0.234. The molecule has 2 aromatic rings. The lowest BCUT2D eigenvalue weighted by Crippen LogP contribution is -2.34. The summed E-state index contributed by atoms with van der Waals surface area (Å²) >= 11 is 1.85. The third-order valence-corrected chi connectivity index (χ3v) is 4.62. The zero-order valence-electron chi connectivity index (χ0n) is 10.3. The molecule has 1 aromatic carbocycles. The molecule has 1 atom stereocenters. The van der Waals surface area contributed by atoms with Crippen LogP contribution in [0.25, 0.3) is 10.9 Å². The molecule has 1 aromatic heterocycles. The van der Waals surface area contributed by atoms with E-state index >= 15 is 0 Å². The maximum atomic E-state index is 12.3. The molecule has 0 bridgehead atoms. The molecule has 2 heterocycles. The van der Waals surface area contributed by atoms with Gasteiger partial charge in [0.25, 0.3) is 0 Å². The van der Waals surface area contributed by atoms with Gasteiger partial charge in [-0.3, -0.25) is 4.79 Å². The normalized spacial score (nSPS) is 19.6. The maximum Gasteiger partial charge on any atom is 0.227 e. The molecule has 1 saturated heterocycles. The van der Waals surface area contributed by atoms with Crippen molar-refractivity contribution >= 4 is 28.6 Å². The van der Waals surface area contributed by atoms with E-state index in [0.29, 0.717) is 11.8 Å². The molecular formula is C14H16N2OS. The van der Waals surface area contributed by atoms with Gasteiger partial charge in [-0.05, 0) is 18.6 Å². The first-order valence-electron chi connectivity index (χ1n) is 6.22. The van der Waals surface area contributed by atoms with Gasteiger partial charge in [0, 0.05) is 29.4 Å². The van der Waals surface area contributed by atoms with Crippen molar-refractivity contribution in [2.75, 3.05) is 12.3 Å². The number of carbonyl (C=O) groups is 1. The third kappa shape index (κ3) is 2.01. The molecule has 1 N–H and O–H groups in total. The molecule has 1 aliphatic heterocycles. The van der Waals surface area contributed by atoms with Crippen LogP contribution >= 0.6 is 11.8 Å². The third-order valence-electron chi connectivity index (χ3n) is 3.47. The summed E-state index contributed by atoms with van der Waals surface area (Å²) in [7, 11) is 0.